The summed E-state index contributed by atoms with van der Waals surface area (Å²) in [5.41, 5.74) is 3.24. The van der Waals surface area contributed by atoms with E-state index in [0.717, 1.165) is 37.4 Å². The van der Waals surface area contributed by atoms with Crippen molar-refractivity contribution in [1.82, 2.24) is 0 Å². The number of benzene rings is 2. The van der Waals surface area contributed by atoms with Crippen molar-refractivity contribution in [2.75, 3.05) is 42.6 Å². The largest absolute Gasteiger partial charge is 0.462 e. The number of hydrogen-bond donors (Lipinski definition) is 0. The van der Waals surface area contributed by atoms with E-state index in [4.69, 9.17) is 10.00 Å². The zero-order valence-electron chi connectivity index (χ0n) is 15.5. The Hall–Kier alpha value is -3.26. The second-order valence-corrected chi connectivity index (χ2v) is 6.29. The van der Waals surface area contributed by atoms with Crippen molar-refractivity contribution in [1.29, 1.82) is 5.26 Å². The number of para-hydroxylation sites is 1. The van der Waals surface area contributed by atoms with Gasteiger partial charge in [0.15, 0.2) is 0 Å². The second kappa shape index (κ2) is 8.91. The average molecular weight is 361 g/mol. The lowest BCUT2D eigenvalue weighted by molar-refractivity contribution is -0.137. The molecule has 1 saturated heterocycles. The molecular weight excluding hydrogens is 338 g/mol. The number of carbonyl (C=O) groups is 1. The number of hydrogen-bond acceptors (Lipinski definition) is 5. The summed E-state index contributed by atoms with van der Waals surface area (Å²) >= 11 is 0. The monoisotopic (exact) mass is 361 g/mol. The topological polar surface area (TPSA) is 56.6 Å². The van der Waals surface area contributed by atoms with E-state index >= 15 is 0 Å². The molecule has 138 valence electrons. The molecule has 0 bridgehead atoms. The quantitative estimate of drug-likeness (QED) is 0.464. The summed E-state index contributed by atoms with van der Waals surface area (Å²) in [7, 11) is 0. The molecule has 0 spiro atoms. The Morgan fingerprint density at radius 1 is 1.00 bits per heavy atom. The highest BCUT2D eigenvalue weighted by Gasteiger charge is 2.17. The first-order valence-electron chi connectivity index (χ1n) is 9.15. The van der Waals surface area contributed by atoms with Crippen LogP contribution in [0.25, 0.3) is 6.08 Å². The van der Waals surface area contributed by atoms with Gasteiger partial charge in [-0.3, -0.25) is 0 Å². The van der Waals surface area contributed by atoms with Crippen LogP contribution in [0.5, 0.6) is 0 Å². The molecule has 2 aromatic carbocycles. The van der Waals surface area contributed by atoms with Crippen molar-refractivity contribution >= 4 is 23.4 Å². The van der Waals surface area contributed by atoms with Crippen LogP contribution < -0.4 is 9.80 Å². The maximum atomic E-state index is 11.7. The van der Waals surface area contributed by atoms with E-state index in [2.05, 4.69) is 34.1 Å². The molecule has 1 aliphatic rings. The fourth-order valence-corrected chi connectivity index (χ4v) is 3.16. The second-order valence-electron chi connectivity index (χ2n) is 6.29. The van der Waals surface area contributed by atoms with Gasteiger partial charge in [0.05, 0.1) is 6.61 Å². The van der Waals surface area contributed by atoms with Crippen LogP contribution in [0, 0.1) is 11.3 Å². The van der Waals surface area contributed by atoms with Crippen molar-refractivity contribution in [3.8, 4) is 6.07 Å². The zero-order valence-corrected chi connectivity index (χ0v) is 15.5. The van der Waals surface area contributed by atoms with Crippen LogP contribution in [-0.2, 0) is 9.53 Å². The third-order valence-corrected chi connectivity index (χ3v) is 4.59. The van der Waals surface area contributed by atoms with Crippen molar-refractivity contribution in [3.63, 3.8) is 0 Å². The molecule has 5 heteroatoms. The maximum Gasteiger partial charge on any atom is 0.348 e. The third kappa shape index (κ3) is 4.68. The number of anilines is 2. The van der Waals surface area contributed by atoms with Crippen molar-refractivity contribution in [2.24, 2.45) is 0 Å². The summed E-state index contributed by atoms with van der Waals surface area (Å²) in [6, 6.07) is 20.3. The van der Waals surface area contributed by atoms with Crippen LogP contribution in [0.15, 0.2) is 60.2 Å². The summed E-state index contributed by atoms with van der Waals surface area (Å²) in [6.07, 6.45) is 1.56. The fourth-order valence-electron chi connectivity index (χ4n) is 3.16. The van der Waals surface area contributed by atoms with E-state index < -0.39 is 5.97 Å². The minimum atomic E-state index is -0.582. The molecular formula is C22H23N3O2. The predicted molar refractivity (Wildman–Crippen MR) is 108 cm³/mol. The van der Waals surface area contributed by atoms with Crippen LogP contribution in [0.1, 0.15) is 12.5 Å². The van der Waals surface area contributed by atoms with Gasteiger partial charge in [-0.15, -0.1) is 0 Å². The SMILES string of the molecule is CCOC(=O)/C(C#N)=C\c1ccc(N2CCN(c3ccccc3)CC2)cc1. The standard InChI is InChI=1S/C22H23N3O2/c1-2-27-22(26)19(17-23)16-18-8-10-21(11-9-18)25-14-12-24(13-15-25)20-6-4-3-5-7-20/h3-11,16H,2,12-15H2,1H3/b19-16-. The molecule has 1 fully saturated rings. The van der Waals surface area contributed by atoms with Gasteiger partial charge in [-0.25, -0.2) is 4.79 Å². The Kier molecular flexibility index (Phi) is 6.11. The molecule has 1 aliphatic heterocycles. The van der Waals surface area contributed by atoms with Crippen molar-refractivity contribution < 1.29 is 9.53 Å². The Morgan fingerprint density at radius 2 is 1.56 bits per heavy atom. The van der Waals surface area contributed by atoms with Gasteiger partial charge in [-0.05, 0) is 42.8 Å². The molecule has 0 unspecified atom stereocenters. The highest BCUT2D eigenvalue weighted by Crippen LogP contribution is 2.21. The van der Waals surface area contributed by atoms with Crippen LogP contribution in [0.3, 0.4) is 0 Å². The third-order valence-electron chi connectivity index (χ3n) is 4.59. The number of carbonyl (C=O) groups excluding carboxylic acids is 1. The summed E-state index contributed by atoms with van der Waals surface area (Å²) < 4.78 is 4.89. The molecule has 0 amide bonds. The van der Waals surface area contributed by atoms with E-state index in [-0.39, 0.29) is 12.2 Å². The van der Waals surface area contributed by atoms with Gasteiger partial charge in [0.25, 0.3) is 0 Å². The lowest BCUT2D eigenvalue weighted by Gasteiger charge is -2.37. The Balaban J connectivity index is 1.63. The molecule has 2 aromatic rings. The first-order chi connectivity index (χ1) is 13.2. The molecule has 5 nitrogen and oxygen atoms in total. The molecule has 0 radical (unpaired) electrons. The van der Waals surface area contributed by atoms with Crippen molar-refractivity contribution in [3.05, 3.63) is 65.7 Å². The van der Waals surface area contributed by atoms with Gasteiger partial charge in [0.2, 0.25) is 0 Å². The van der Waals surface area contributed by atoms with Crippen LogP contribution in [0.4, 0.5) is 11.4 Å². The fraction of sp³-hybridized carbons (Fsp3) is 0.273. The minimum absolute atomic E-state index is 0.0149. The minimum Gasteiger partial charge on any atom is -0.462 e. The Morgan fingerprint density at radius 3 is 2.07 bits per heavy atom. The van der Waals surface area contributed by atoms with E-state index in [1.54, 1.807) is 13.0 Å². The summed E-state index contributed by atoms with van der Waals surface area (Å²) in [5.74, 6) is -0.582. The van der Waals surface area contributed by atoms with Gasteiger partial charge in [-0.2, -0.15) is 5.26 Å². The van der Waals surface area contributed by atoms with Gasteiger partial charge in [0, 0.05) is 37.6 Å². The first-order valence-corrected chi connectivity index (χ1v) is 9.15. The number of esters is 1. The molecule has 0 N–H and O–H groups in total. The Labute approximate surface area is 160 Å². The molecule has 0 atom stereocenters. The summed E-state index contributed by atoms with van der Waals surface area (Å²) in [4.78, 5) is 16.5. The van der Waals surface area contributed by atoms with E-state index in [1.807, 2.05) is 36.4 Å². The number of nitrogens with zero attached hydrogens (tertiary/aromatic N) is 3. The number of piperazine rings is 1. The normalized spacial score (nSPS) is 14.6. The number of nitriles is 1. The summed E-state index contributed by atoms with van der Waals surface area (Å²) in [5, 5.41) is 9.13. The number of rotatable bonds is 5. The van der Waals surface area contributed by atoms with E-state index in [9.17, 15) is 4.79 Å². The number of ether oxygens (including phenoxy) is 1. The van der Waals surface area contributed by atoms with Gasteiger partial charge in [0.1, 0.15) is 11.6 Å². The first kappa shape index (κ1) is 18.5. The predicted octanol–water partition coefficient (Wildman–Crippen LogP) is 3.48. The lowest BCUT2D eigenvalue weighted by atomic mass is 10.1. The molecule has 0 saturated carbocycles. The molecule has 1 heterocycles. The zero-order chi connectivity index (χ0) is 19.1. The van der Waals surface area contributed by atoms with Gasteiger partial charge < -0.3 is 14.5 Å². The van der Waals surface area contributed by atoms with Crippen LogP contribution in [0.2, 0.25) is 0 Å². The molecule has 0 aliphatic carbocycles. The maximum absolute atomic E-state index is 11.7. The highest BCUT2D eigenvalue weighted by molar-refractivity contribution is 5.97. The van der Waals surface area contributed by atoms with Crippen LogP contribution >= 0.6 is 0 Å². The van der Waals surface area contributed by atoms with Crippen LogP contribution in [-0.4, -0.2) is 38.8 Å². The van der Waals surface area contributed by atoms with Gasteiger partial charge in [-0.1, -0.05) is 30.3 Å². The molecule has 0 aromatic heterocycles. The van der Waals surface area contributed by atoms with E-state index in [0.29, 0.717) is 0 Å². The molecule has 27 heavy (non-hydrogen) atoms. The van der Waals surface area contributed by atoms with Gasteiger partial charge >= 0.3 is 5.97 Å². The Bertz CT molecular complexity index is 830. The molecule has 3 rings (SSSR count). The van der Waals surface area contributed by atoms with Crippen molar-refractivity contribution in [2.45, 2.75) is 6.92 Å². The smallest absolute Gasteiger partial charge is 0.348 e. The summed E-state index contributed by atoms with van der Waals surface area (Å²) in [6.45, 7) is 5.85. The highest BCUT2D eigenvalue weighted by atomic mass is 16.5. The van der Waals surface area contributed by atoms with E-state index in [1.165, 1.54) is 5.69 Å². The lowest BCUT2D eigenvalue weighted by Crippen LogP contribution is -2.46. The average Bonchev–Trinajstić information content (AvgIpc) is 2.73.